The van der Waals surface area contributed by atoms with Gasteiger partial charge in [-0.25, -0.2) is 9.97 Å². The van der Waals surface area contributed by atoms with Crippen LogP contribution in [0.15, 0.2) is 0 Å². The largest absolute Gasteiger partial charge is 0.383 e. The summed E-state index contributed by atoms with van der Waals surface area (Å²) in [5.74, 6) is 2.06. The normalized spacial score (nSPS) is 10.7. The maximum absolute atomic E-state index is 11.8. The number of anilines is 2. The number of carbonyl (C=O) groups is 1. The van der Waals surface area contributed by atoms with Crippen LogP contribution in [0.2, 0.25) is 0 Å². The zero-order chi connectivity index (χ0) is 15.3. The smallest absolute Gasteiger partial charge is 0.239 e. The Balaban J connectivity index is 2.91. The van der Waals surface area contributed by atoms with E-state index >= 15 is 0 Å². The van der Waals surface area contributed by atoms with Gasteiger partial charge in [0.05, 0.1) is 6.54 Å². The third-order valence-electron chi connectivity index (χ3n) is 3.01. The van der Waals surface area contributed by atoms with E-state index in [2.05, 4.69) is 15.3 Å². The fourth-order valence-electron chi connectivity index (χ4n) is 1.78. The molecule has 0 aliphatic carbocycles. The molecule has 0 saturated heterocycles. The van der Waals surface area contributed by atoms with Crippen molar-refractivity contribution >= 4 is 17.5 Å². The molecule has 0 fully saturated rings. The average molecular weight is 279 g/mol. The summed E-state index contributed by atoms with van der Waals surface area (Å²) in [7, 11) is 1.84. The van der Waals surface area contributed by atoms with E-state index in [1.54, 1.807) is 0 Å². The summed E-state index contributed by atoms with van der Waals surface area (Å²) in [6.45, 7) is 8.87. The zero-order valence-electron chi connectivity index (χ0n) is 13.0. The van der Waals surface area contributed by atoms with Gasteiger partial charge in [0.15, 0.2) is 0 Å². The summed E-state index contributed by atoms with van der Waals surface area (Å²) in [5.41, 5.74) is 6.74. The summed E-state index contributed by atoms with van der Waals surface area (Å²) in [5, 5.41) is 2.85. The van der Waals surface area contributed by atoms with Gasteiger partial charge in [0.2, 0.25) is 5.91 Å². The molecule has 6 nitrogen and oxygen atoms in total. The molecule has 0 radical (unpaired) electrons. The predicted octanol–water partition coefficient (Wildman–Crippen LogP) is 1.45. The van der Waals surface area contributed by atoms with E-state index in [0.29, 0.717) is 24.0 Å². The number of nitrogens with zero attached hydrogens (tertiary/aromatic N) is 3. The quantitative estimate of drug-likeness (QED) is 0.823. The fraction of sp³-hybridized carbons (Fsp3) is 0.643. The van der Waals surface area contributed by atoms with Gasteiger partial charge in [-0.05, 0) is 13.3 Å². The minimum atomic E-state index is -0.0166. The molecule has 112 valence electrons. The van der Waals surface area contributed by atoms with Crippen LogP contribution in [0.5, 0.6) is 0 Å². The standard InChI is InChI=1S/C14H25N5O/c1-6-7-16-11(20)8-19(5)14-10(4)12(15)17-13(18-14)9(2)3/h9H,6-8H2,1-5H3,(H,16,20)(H2,15,17,18). The van der Waals surface area contributed by atoms with Crippen molar-refractivity contribution in [2.75, 3.05) is 30.8 Å². The van der Waals surface area contributed by atoms with Gasteiger partial charge in [0.25, 0.3) is 0 Å². The molecule has 20 heavy (non-hydrogen) atoms. The number of hydrogen-bond donors (Lipinski definition) is 2. The lowest BCUT2D eigenvalue weighted by atomic mass is 10.2. The van der Waals surface area contributed by atoms with Crippen LogP contribution in [0.4, 0.5) is 11.6 Å². The maximum atomic E-state index is 11.8. The second-order valence-corrected chi connectivity index (χ2v) is 5.28. The molecule has 3 N–H and O–H groups in total. The van der Waals surface area contributed by atoms with Crippen molar-refractivity contribution in [3.8, 4) is 0 Å². The van der Waals surface area contributed by atoms with Crippen LogP contribution in [0.25, 0.3) is 0 Å². The zero-order valence-corrected chi connectivity index (χ0v) is 13.0. The van der Waals surface area contributed by atoms with E-state index in [-0.39, 0.29) is 18.4 Å². The Bertz CT molecular complexity index is 473. The summed E-state index contributed by atoms with van der Waals surface area (Å²) in [6, 6.07) is 0. The van der Waals surface area contributed by atoms with Crippen molar-refractivity contribution in [2.24, 2.45) is 0 Å². The summed E-state index contributed by atoms with van der Waals surface area (Å²) >= 11 is 0. The first kappa shape index (κ1) is 16.2. The number of amides is 1. The van der Waals surface area contributed by atoms with Crippen molar-refractivity contribution in [3.05, 3.63) is 11.4 Å². The molecule has 0 spiro atoms. The van der Waals surface area contributed by atoms with Crippen molar-refractivity contribution in [2.45, 2.75) is 40.0 Å². The second kappa shape index (κ2) is 7.07. The minimum Gasteiger partial charge on any atom is -0.383 e. The van der Waals surface area contributed by atoms with Crippen LogP contribution in [-0.2, 0) is 4.79 Å². The molecule has 0 aromatic carbocycles. The first-order valence-corrected chi connectivity index (χ1v) is 6.98. The van der Waals surface area contributed by atoms with Crippen LogP contribution in [0, 0.1) is 6.92 Å². The molecule has 1 aromatic heterocycles. The number of nitrogen functional groups attached to an aromatic ring is 1. The lowest BCUT2D eigenvalue weighted by Crippen LogP contribution is -2.36. The molecule has 1 rings (SSSR count). The van der Waals surface area contributed by atoms with E-state index < -0.39 is 0 Å². The third-order valence-corrected chi connectivity index (χ3v) is 3.01. The molecule has 1 aromatic rings. The molecular weight excluding hydrogens is 254 g/mol. The van der Waals surface area contributed by atoms with E-state index in [9.17, 15) is 4.79 Å². The highest BCUT2D eigenvalue weighted by Gasteiger charge is 2.16. The Labute approximate surface area is 120 Å². The summed E-state index contributed by atoms with van der Waals surface area (Å²) in [4.78, 5) is 22.4. The lowest BCUT2D eigenvalue weighted by molar-refractivity contribution is -0.119. The van der Waals surface area contributed by atoms with Crippen molar-refractivity contribution in [1.29, 1.82) is 0 Å². The molecular formula is C14H25N5O. The highest BCUT2D eigenvalue weighted by Crippen LogP contribution is 2.23. The fourth-order valence-corrected chi connectivity index (χ4v) is 1.78. The predicted molar refractivity (Wildman–Crippen MR) is 81.8 cm³/mol. The van der Waals surface area contributed by atoms with Crippen LogP contribution in [0.1, 0.15) is 44.5 Å². The van der Waals surface area contributed by atoms with Gasteiger partial charge in [0, 0.05) is 25.1 Å². The number of hydrogen-bond acceptors (Lipinski definition) is 5. The first-order valence-electron chi connectivity index (χ1n) is 6.98. The van der Waals surface area contributed by atoms with Crippen LogP contribution in [0.3, 0.4) is 0 Å². The van der Waals surface area contributed by atoms with Crippen LogP contribution in [-0.4, -0.2) is 36.0 Å². The van der Waals surface area contributed by atoms with E-state index in [0.717, 1.165) is 12.0 Å². The SMILES string of the molecule is CCCNC(=O)CN(C)c1nc(C(C)C)nc(N)c1C. The first-order chi connectivity index (χ1) is 9.36. The van der Waals surface area contributed by atoms with Crippen molar-refractivity contribution in [3.63, 3.8) is 0 Å². The van der Waals surface area contributed by atoms with Gasteiger partial charge in [-0.15, -0.1) is 0 Å². The second-order valence-electron chi connectivity index (χ2n) is 5.28. The Kier molecular flexibility index (Phi) is 5.73. The number of nitrogens with two attached hydrogens (primary N) is 1. The Morgan fingerprint density at radius 3 is 2.60 bits per heavy atom. The Morgan fingerprint density at radius 2 is 2.05 bits per heavy atom. The molecule has 0 atom stereocenters. The summed E-state index contributed by atoms with van der Waals surface area (Å²) < 4.78 is 0. The van der Waals surface area contributed by atoms with Gasteiger partial charge in [0.1, 0.15) is 17.5 Å². The topological polar surface area (TPSA) is 84.1 Å². The number of carbonyl (C=O) groups excluding carboxylic acids is 1. The molecule has 0 saturated carbocycles. The number of rotatable bonds is 6. The number of nitrogens with one attached hydrogen (secondary N) is 1. The van der Waals surface area contributed by atoms with E-state index in [1.165, 1.54) is 0 Å². The number of aromatic nitrogens is 2. The van der Waals surface area contributed by atoms with Crippen LogP contribution >= 0.6 is 0 Å². The molecule has 0 bridgehead atoms. The van der Waals surface area contributed by atoms with E-state index in [1.807, 2.05) is 39.6 Å². The molecule has 0 aliphatic rings. The van der Waals surface area contributed by atoms with Gasteiger partial charge >= 0.3 is 0 Å². The monoisotopic (exact) mass is 279 g/mol. The Hall–Kier alpha value is -1.85. The van der Waals surface area contributed by atoms with Crippen LogP contribution < -0.4 is 16.0 Å². The van der Waals surface area contributed by atoms with Gasteiger partial charge < -0.3 is 16.0 Å². The molecule has 1 heterocycles. The molecule has 1 amide bonds. The Morgan fingerprint density at radius 1 is 1.40 bits per heavy atom. The molecule has 6 heteroatoms. The maximum Gasteiger partial charge on any atom is 0.239 e. The molecule has 0 aliphatic heterocycles. The van der Waals surface area contributed by atoms with Crippen molar-refractivity contribution in [1.82, 2.24) is 15.3 Å². The third kappa shape index (κ3) is 4.08. The minimum absolute atomic E-state index is 0.0166. The highest BCUT2D eigenvalue weighted by atomic mass is 16.2. The van der Waals surface area contributed by atoms with Crippen molar-refractivity contribution < 1.29 is 4.79 Å². The summed E-state index contributed by atoms with van der Waals surface area (Å²) in [6.07, 6.45) is 0.923. The lowest BCUT2D eigenvalue weighted by Gasteiger charge is -2.21. The van der Waals surface area contributed by atoms with Gasteiger partial charge in [-0.3, -0.25) is 4.79 Å². The van der Waals surface area contributed by atoms with E-state index in [4.69, 9.17) is 5.73 Å². The average Bonchev–Trinajstić information content (AvgIpc) is 2.38. The highest BCUT2D eigenvalue weighted by molar-refractivity contribution is 5.81. The van der Waals surface area contributed by atoms with Gasteiger partial charge in [-0.2, -0.15) is 0 Å². The molecule has 0 unspecified atom stereocenters. The number of likely N-dealkylation sites (N-methyl/N-ethyl adjacent to an activating group) is 1. The van der Waals surface area contributed by atoms with Gasteiger partial charge in [-0.1, -0.05) is 20.8 Å².